The molecular weight excluding hydrogens is 518 g/mol. The Morgan fingerprint density at radius 2 is 2.02 bits per heavy atom. The van der Waals surface area contributed by atoms with Crippen LogP contribution in [0.4, 0.5) is 5.69 Å². The maximum absolute atomic E-state index is 13.2. The Morgan fingerprint density at radius 1 is 1.15 bits per heavy atom. The first-order valence-corrected chi connectivity index (χ1v) is 14.1. The number of imidazole rings is 1. The zero-order valence-corrected chi connectivity index (χ0v) is 22.9. The van der Waals surface area contributed by atoms with Crippen molar-refractivity contribution in [3.05, 3.63) is 88.4 Å². The first kappa shape index (κ1) is 25.4. The number of aromatic nitrogens is 5. The number of carbonyl (C=O) groups excluding carboxylic acids is 1. The minimum Gasteiger partial charge on any atom is -0.492 e. The zero-order valence-electron chi connectivity index (χ0n) is 22.9. The number of pyridine rings is 2. The van der Waals surface area contributed by atoms with E-state index in [1.807, 2.05) is 53.3 Å². The Balaban J connectivity index is 1.14. The molecule has 1 saturated carbocycles. The van der Waals surface area contributed by atoms with Crippen molar-refractivity contribution in [2.45, 2.75) is 31.7 Å². The summed E-state index contributed by atoms with van der Waals surface area (Å²) >= 11 is 0. The molecule has 0 N–H and O–H groups in total. The molecule has 10 heteroatoms. The fourth-order valence-electron chi connectivity index (χ4n) is 5.37. The monoisotopic (exact) mass is 549 g/mol. The van der Waals surface area contributed by atoms with Gasteiger partial charge in [0.25, 0.3) is 5.56 Å². The van der Waals surface area contributed by atoms with Crippen molar-refractivity contribution in [3.63, 3.8) is 0 Å². The highest BCUT2D eigenvalue weighted by molar-refractivity contribution is 6.35. The maximum atomic E-state index is 13.2. The SMILES string of the molecule is Cn1cccc(Cn2nc(C3CC3)c3c(N=CC(=O)c4cnc5cc(OCCN6CCC6)ccn45)cccc32)c1=O. The second-order valence-corrected chi connectivity index (χ2v) is 10.8. The average molecular weight is 550 g/mol. The van der Waals surface area contributed by atoms with Crippen LogP contribution in [-0.2, 0) is 13.6 Å². The standard InChI is InChI=1S/C31H31N7O3/c1-35-11-3-5-22(31(35)40)20-38-25-7-2-6-24(29(25)30(34-38)21-8-9-21)32-19-27(39)26-18-33-28-17-23(10-14-37(26)28)41-16-15-36-12-4-13-36/h2-3,5-7,10-11,14,17-19,21H,4,8-9,12-13,15-16,20H2,1H3. The number of aliphatic imine (C=N–C) groups is 1. The topological polar surface area (TPSA) is 99.0 Å². The van der Waals surface area contributed by atoms with Crippen molar-refractivity contribution >= 4 is 34.2 Å². The molecule has 1 saturated heterocycles. The predicted molar refractivity (Wildman–Crippen MR) is 157 cm³/mol. The van der Waals surface area contributed by atoms with Crippen LogP contribution in [0.2, 0.25) is 0 Å². The molecule has 0 unspecified atom stereocenters. The van der Waals surface area contributed by atoms with Crippen LogP contribution in [0.5, 0.6) is 5.75 Å². The number of carbonyl (C=O) groups is 1. The largest absolute Gasteiger partial charge is 0.492 e. The first-order valence-electron chi connectivity index (χ1n) is 14.1. The van der Waals surface area contributed by atoms with Crippen LogP contribution in [0, 0.1) is 0 Å². The van der Waals surface area contributed by atoms with E-state index < -0.39 is 0 Å². The van der Waals surface area contributed by atoms with Gasteiger partial charge in [0, 0.05) is 48.9 Å². The van der Waals surface area contributed by atoms with Crippen LogP contribution in [0.1, 0.15) is 46.9 Å². The average Bonchev–Trinajstić information content (AvgIpc) is 3.61. The molecule has 0 bridgehead atoms. The minimum atomic E-state index is -0.242. The normalized spacial score (nSPS) is 15.6. The number of ether oxygens (including phenoxy) is 1. The molecule has 0 radical (unpaired) electrons. The third-order valence-corrected chi connectivity index (χ3v) is 7.95. The van der Waals surface area contributed by atoms with Gasteiger partial charge in [-0.2, -0.15) is 5.10 Å². The molecule has 4 aromatic heterocycles. The Kier molecular flexibility index (Phi) is 6.47. The van der Waals surface area contributed by atoms with Gasteiger partial charge in [0.05, 0.1) is 35.9 Å². The van der Waals surface area contributed by atoms with Gasteiger partial charge in [-0.3, -0.25) is 28.6 Å². The lowest BCUT2D eigenvalue weighted by atomic mass is 10.1. The van der Waals surface area contributed by atoms with Crippen LogP contribution >= 0.6 is 0 Å². The van der Waals surface area contributed by atoms with Crippen LogP contribution in [0.3, 0.4) is 0 Å². The molecule has 5 aromatic rings. The highest BCUT2D eigenvalue weighted by Crippen LogP contribution is 2.45. The summed E-state index contributed by atoms with van der Waals surface area (Å²) in [4.78, 5) is 37.3. The van der Waals surface area contributed by atoms with Crippen molar-refractivity contribution < 1.29 is 9.53 Å². The fourth-order valence-corrected chi connectivity index (χ4v) is 5.37. The van der Waals surface area contributed by atoms with E-state index in [1.54, 1.807) is 28.4 Å². The highest BCUT2D eigenvalue weighted by atomic mass is 16.5. The van der Waals surface area contributed by atoms with E-state index in [1.165, 1.54) is 12.6 Å². The van der Waals surface area contributed by atoms with Crippen molar-refractivity contribution in [1.82, 2.24) is 28.6 Å². The number of hydrogen-bond donors (Lipinski definition) is 0. The fraction of sp³-hybridized carbons (Fsp3) is 0.323. The number of likely N-dealkylation sites (tertiary alicyclic amines) is 1. The molecule has 5 heterocycles. The molecule has 0 atom stereocenters. The quantitative estimate of drug-likeness (QED) is 0.193. The lowest BCUT2D eigenvalue weighted by Gasteiger charge is -2.30. The van der Waals surface area contributed by atoms with Crippen molar-refractivity contribution in [1.29, 1.82) is 0 Å². The smallest absolute Gasteiger partial charge is 0.255 e. The van der Waals surface area contributed by atoms with Gasteiger partial charge in [0.1, 0.15) is 23.7 Å². The third-order valence-electron chi connectivity index (χ3n) is 7.95. The molecule has 0 amide bonds. The van der Waals surface area contributed by atoms with Gasteiger partial charge in [-0.15, -0.1) is 0 Å². The van der Waals surface area contributed by atoms with Crippen molar-refractivity contribution in [2.24, 2.45) is 12.0 Å². The van der Waals surface area contributed by atoms with Gasteiger partial charge in [-0.05, 0) is 56.6 Å². The van der Waals surface area contributed by atoms with Gasteiger partial charge in [0.2, 0.25) is 5.78 Å². The number of aryl methyl sites for hydroxylation is 1. The molecule has 41 heavy (non-hydrogen) atoms. The summed E-state index contributed by atoms with van der Waals surface area (Å²) < 4.78 is 11.1. The Labute approximate surface area is 236 Å². The first-order chi connectivity index (χ1) is 20.0. The lowest BCUT2D eigenvalue weighted by molar-refractivity contribution is 0.106. The van der Waals surface area contributed by atoms with Crippen LogP contribution < -0.4 is 10.3 Å². The molecule has 1 aromatic carbocycles. The molecule has 1 aliphatic carbocycles. The molecular formula is C31H31N7O3. The molecule has 2 aliphatic rings. The van der Waals surface area contributed by atoms with Crippen LogP contribution in [0.25, 0.3) is 16.6 Å². The summed E-state index contributed by atoms with van der Waals surface area (Å²) in [6.07, 6.45) is 9.89. The van der Waals surface area contributed by atoms with Crippen LogP contribution in [-0.4, -0.2) is 66.9 Å². The number of hydrogen-bond acceptors (Lipinski definition) is 7. The van der Waals surface area contributed by atoms with Crippen molar-refractivity contribution in [3.8, 4) is 5.75 Å². The van der Waals surface area contributed by atoms with Gasteiger partial charge in [0.15, 0.2) is 0 Å². The Morgan fingerprint density at radius 3 is 2.83 bits per heavy atom. The van der Waals surface area contributed by atoms with Gasteiger partial charge < -0.3 is 9.30 Å². The van der Waals surface area contributed by atoms with E-state index >= 15 is 0 Å². The summed E-state index contributed by atoms with van der Waals surface area (Å²) in [7, 11) is 1.75. The minimum absolute atomic E-state index is 0.0396. The number of benzene rings is 1. The van der Waals surface area contributed by atoms with E-state index in [9.17, 15) is 9.59 Å². The number of ketones is 1. The number of fused-ring (bicyclic) bond motifs is 2. The molecule has 1 aliphatic heterocycles. The molecule has 0 spiro atoms. The highest BCUT2D eigenvalue weighted by Gasteiger charge is 2.30. The summed E-state index contributed by atoms with van der Waals surface area (Å²) in [5, 5.41) is 5.86. The summed E-state index contributed by atoms with van der Waals surface area (Å²) in [5.41, 5.74) is 4.28. The zero-order chi connectivity index (χ0) is 27.9. The van der Waals surface area contributed by atoms with E-state index in [2.05, 4.69) is 14.9 Å². The lowest BCUT2D eigenvalue weighted by Crippen LogP contribution is -2.39. The summed E-state index contributed by atoms with van der Waals surface area (Å²) in [6.45, 7) is 4.20. The van der Waals surface area contributed by atoms with E-state index in [-0.39, 0.29) is 11.3 Å². The molecule has 10 nitrogen and oxygen atoms in total. The number of rotatable bonds is 10. The van der Waals surface area contributed by atoms with Crippen molar-refractivity contribution in [2.75, 3.05) is 26.2 Å². The van der Waals surface area contributed by atoms with Crippen LogP contribution in [0.15, 0.2) is 70.8 Å². The Hall–Kier alpha value is -4.57. The summed E-state index contributed by atoms with van der Waals surface area (Å²) in [5.74, 6) is 0.862. The summed E-state index contributed by atoms with van der Waals surface area (Å²) in [6, 6.07) is 13.2. The molecule has 208 valence electrons. The van der Waals surface area contributed by atoms with Gasteiger partial charge in [-0.1, -0.05) is 12.1 Å². The molecule has 7 rings (SSSR count). The van der Waals surface area contributed by atoms with E-state index in [4.69, 9.17) is 9.84 Å². The van der Waals surface area contributed by atoms with Gasteiger partial charge in [-0.25, -0.2) is 4.98 Å². The second kappa shape index (κ2) is 10.4. The Bertz CT molecular complexity index is 1860. The second-order valence-electron chi connectivity index (χ2n) is 10.8. The predicted octanol–water partition coefficient (Wildman–Crippen LogP) is 3.98. The van der Waals surface area contributed by atoms with E-state index in [0.717, 1.165) is 54.8 Å². The maximum Gasteiger partial charge on any atom is 0.255 e. The van der Waals surface area contributed by atoms with E-state index in [0.29, 0.717) is 41.7 Å². The number of nitrogens with zero attached hydrogens (tertiary/aromatic N) is 7. The third kappa shape index (κ3) is 4.95. The van der Waals surface area contributed by atoms with Gasteiger partial charge >= 0.3 is 0 Å². The number of Topliss-reactive ketones (excluding diaryl/α,β-unsaturated/α-hetero) is 1. The molecule has 2 fully saturated rings.